The number of rotatable bonds is 4. The molecule has 23 heavy (non-hydrogen) atoms. The van der Waals surface area contributed by atoms with Crippen molar-refractivity contribution in [3.05, 3.63) is 46.4 Å². The first-order valence-electron chi connectivity index (χ1n) is 6.39. The molecule has 2 rings (SSSR count). The molecule has 0 spiro atoms. The Labute approximate surface area is 148 Å². The number of hydrogen-bond acceptors (Lipinski definition) is 5. The Kier molecular flexibility index (Phi) is 6.09. The SMILES string of the molecule is COc1cc(Cl)ccc1OC(=S)Nc1cccc(B(O)O)c1Cl. The van der Waals surface area contributed by atoms with Crippen LogP contribution in [0.5, 0.6) is 11.5 Å². The fourth-order valence-corrected chi connectivity index (χ4v) is 2.44. The van der Waals surface area contributed by atoms with E-state index in [2.05, 4.69) is 5.32 Å². The van der Waals surface area contributed by atoms with Gasteiger partial charge in [0.05, 0.1) is 17.8 Å². The minimum absolute atomic E-state index is 0.0112. The van der Waals surface area contributed by atoms with E-state index < -0.39 is 7.12 Å². The summed E-state index contributed by atoms with van der Waals surface area (Å²) in [6.45, 7) is 0. The number of methoxy groups -OCH3 is 1. The van der Waals surface area contributed by atoms with Crippen molar-refractivity contribution in [1.82, 2.24) is 0 Å². The molecular formula is C14H12BCl2NO4S. The maximum Gasteiger partial charge on any atom is 0.490 e. The fraction of sp³-hybridized carbons (Fsp3) is 0.0714. The van der Waals surface area contributed by atoms with Crippen LogP contribution in [0.25, 0.3) is 0 Å². The van der Waals surface area contributed by atoms with E-state index in [0.29, 0.717) is 22.2 Å². The summed E-state index contributed by atoms with van der Waals surface area (Å²) in [6, 6.07) is 9.57. The van der Waals surface area contributed by atoms with E-state index in [0.717, 1.165) is 0 Å². The van der Waals surface area contributed by atoms with Gasteiger partial charge in [0, 0.05) is 16.6 Å². The molecule has 9 heteroatoms. The van der Waals surface area contributed by atoms with Crippen LogP contribution in [0.15, 0.2) is 36.4 Å². The second kappa shape index (κ2) is 7.85. The lowest BCUT2D eigenvalue weighted by Gasteiger charge is -2.14. The molecule has 0 aromatic heterocycles. The van der Waals surface area contributed by atoms with Crippen molar-refractivity contribution in [3.8, 4) is 11.5 Å². The summed E-state index contributed by atoms with van der Waals surface area (Å²) in [4.78, 5) is 0. The highest BCUT2D eigenvalue weighted by Crippen LogP contribution is 2.30. The maximum absolute atomic E-state index is 9.24. The third-order valence-electron chi connectivity index (χ3n) is 2.87. The van der Waals surface area contributed by atoms with Crippen LogP contribution in [0, 0.1) is 0 Å². The first-order valence-corrected chi connectivity index (χ1v) is 7.55. The van der Waals surface area contributed by atoms with E-state index in [1.165, 1.54) is 13.2 Å². The molecule has 0 fully saturated rings. The van der Waals surface area contributed by atoms with Gasteiger partial charge in [-0.3, -0.25) is 0 Å². The second-order valence-corrected chi connectivity index (χ2v) is 5.58. The zero-order valence-corrected chi connectivity index (χ0v) is 14.2. The molecule has 5 nitrogen and oxygen atoms in total. The van der Waals surface area contributed by atoms with Gasteiger partial charge in [-0.15, -0.1) is 0 Å². The van der Waals surface area contributed by atoms with E-state index >= 15 is 0 Å². The monoisotopic (exact) mass is 371 g/mol. The van der Waals surface area contributed by atoms with Gasteiger partial charge in [-0.25, -0.2) is 0 Å². The topological polar surface area (TPSA) is 71.0 Å². The number of anilines is 1. The first kappa shape index (κ1) is 17.8. The average Bonchev–Trinajstić information content (AvgIpc) is 2.50. The van der Waals surface area contributed by atoms with Crippen molar-refractivity contribution < 1.29 is 19.5 Å². The van der Waals surface area contributed by atoms with Crippen LogP contribution < -0.4 is 20.3 Å². The molecule has 120 valence electrons. The second-order valence-electron chi connectivity index (χ2n) is 4.39. The summed E-state index contributed by atoms with van der Waals surface area (Å²) in [5, 5.41) is 21.9. The zero-order chi connectivity index (χ0) is 17.0. The summed E-state index contributed by atoms with van der Waals surface area (Å²) in [5.74, 6) is 0.802. The first-order chi connectivity index (χ1) is 10.9. The van der Waals surface area contributed by atoms with Crippen molar-refractivity contribution in [1.29, 1.82) is 0 Å². The molecule has 0 atom stereocenters. The van der Waals surface area contributed by atoms with Gasteiger partial charge in [0.1, 0.15) is 0 Å². The molecule has 0 aliphatic rings. The van der Waals surface area contributed by atoms with Gasteiger partial charge < -0.3 is 24.8 Å². The molecule has 2 aromatic rings. The molecule has 3 N–H and O–H groups in total. The Balaban J connectivity index is 2.16. The van der Waals surface area contributed by atoms with Crippen LogP contribution in [-0.2, 0) is 0 Å². The van der Waals surface area contributed by atoms with Gasteiger partial charge in [-0.2, -0.15) is 0 Å². The summed E-state index contributed by atoms with van der Waals surface area (Å²) < 4.78 is 10.7. The number of thiocarbonyl (C=S) groups is 1. The van der Waals surface area contributed by atoms with Crippen LogP contribution in [0.1, 0.15) is 0 Å². The standard InChI is InChI=1S/C14H12BCl2NO4S/c1-21-12-7-8(16)5-6-11(12)22-14(23)18-10-4-2-3-9(13(10)17)15(19)20/h2-7,19-20H,1H3,(H,18,23). The summed E-state index contributed by atoms with van der Waals surface area (Å²) in [6.07, 6.45) is 0. The lowest BCUT2D eigenvalue weighted by atomic mass is 9.80. The molecule has 0 unspecified atom stereocenters. The summed E-state index contributed by atoms with van der Waals surface area (Å²) >= 11 is 17.1. The Bertz CT molecular complexity index is 730. The highest BCUT2D eigenvalue weighted by Gasteiger charge is 2.18. The Morgan fingerprint density at radius 2 is 1.91 bits per heavy atom. The third kappa shape index (κ3) is 4.49. The molecule has 0 saturated heterocycles. The number of nitrogens with one attached hydrogen (secondary N) is 1. The van der Waals surface area contributed by atoms with E-state index in [-0.39, 0.29) is 15.7 Å². The zero-order valence-electron chi connectivity index (χ0n) is 11.9. The Morgan fingerprint density at radius 3 is 2.57 bits per heavy atom. The van der Waals surface area contributed by atoms with Gasteiger partial charge in [-0.05, 0) is 30.4 Å². The van der Waals surface area contributed by atoms with Crippen LogP contribution in [0.2, 0.25) is 10.0 Å². The quantitative estimate of drug-likeness (QED) is 0.566. The van der Waals surface area contributed by atoms with Gasteiger partial charge in [-0.1, -0.05) is 35.3 Å². The van der Waals surface area contributed by atoms with E-state index in [1.54, 1.807) is 30.3 Å². The smallest absolute Gasteiger partial charge is 0.490 e. The highest BCUT2D eigenvalue weighted by molar-refractivity contribution is 7.80. The minimum atomic E-state index is -1.69. The van der Waals surface area contributed by atoms with Crippen LogP contribution in [0.3, 0.4) is 0 Å². The van der Waals surface area contributed by atoms with Crippen molar-refractivity contribution in [3.63, 3.8) is 0 Å². The maximum atomic E-state index is 9.24. The van der Waals surface area contributed by atoms with Crippen molar-refractivity contribution in [2.24, 2.45) is 0 Å². The third-order valence-corrected chi connectivity index (χ3v) is 3.71. The molecule has 0 aliphatic heterocycles. The average molecular weight is 372 g/mol. The number of benzene rings is 2. The normalized spacial score (nSPS) is 10.1. The summed E-state index contributed by atoms with van der Waals surface area (Å²) in [5.41, 5.74) is 0.540. The fourth-order valence-electron chi connectivity index (χ4n) is 1.81. The van der Waals surface area contributed by atoms with E-state index in [9.17, 15) is 10.0 Å². The number of ether oxygens (including phenoxy) is 2. The van der Waals surface area contributed by atoms with Gasteiger partial charge >= 0.3 is 7.12 Å². The molecule has 0 heterocycles. The highest BCUT2D eigenvalue weighted by atomic mass is 35.5. The molecule has 0 amide bonds. The minimum Gasteiger partial charge on any atom is -0.493 e. The largest absolute Gasteiger partial charge is 0.493 e. The molecular weight excluding hydrogens is 360 g/mol. The van der Waals surface area contributed by atoms with Crippen molar-refractivity contribution in [2.75, 3.05) is 12.4 Å². The van der Waals surface area contributed by atoms with E-state index in [4.69, 9.17) is 44.9 Å². The van der Waals surface area contributed by atoms with Crippen molar-refractivity contribution >= 4 is 58.9 Å². The van der Waals surface area contributed by atoms with Crippen LogP contribution in [-0.4, -0.2) is 29.5 Å². The van der Waals surface area contributed by atoms with Crippen molar-refractivity contribution in [2.45, 2.75) is 0 Å². The van der Waals surface area contributed by atoms with Gasteiger partial charge in [0.25, 0.3) is 5.17 Å². The molecule has 0 bridgehead atoms. The molecule has 0 saturated carbocycles. The lowest BCUT2D eigenvalue weighted by molar-refractivity contribution is 0.392. The Morgan fingerprint density at radius 1 is 1.17 bits per heavy atom. The van der Waals surface area contributed by atoms with Crippen LogP contribution >= 0.6 is 35.4 Å². The van der Waals surface area contributed by atoms with Gasteiger partial charge in [0.15, 0.2) is 11.5 Å². The van der Waals surface area contributed by atoms with Gasteiger partial charge in [0.2, 0.25) is 0 Å². The summed E-state index contributed by atoms with van der Waals surface area (Å²) in [7, 11) is -0.201. The molecule has 0 aliphatic carbocycles. The predicted molar refractivity (Wildman–Crippen MR) is 96.1 cm³/mol. The number of halogens is 2. The van der Waals surface area contributed by atoms with Crippen LogP contribution in [0.4, 0.5) is 5.69 Å². The Hall–Kier alpha value is -1.51. The molecule has 2 aromatic carbocycles. The number of hydrogen-bond donors (Lipinski definition) is 3. The van der Waals surface area contributed by atoms with E-state index in [1.807, 2.05) is 0 Å². The lowest BCUT2D eigenvalue weighted by Crippen LogP contribution is -2.31. The molecule has 0 radical (unpaired) electrons. The predicted octanol–water partition coefficient (Wildman–Crippen LogP) is 2.46.